The van der Waals surface area contributed by atoms with Crippen LogP contribution in [0.4, 0.5) is 0 Å². The van der Waals surface area contributed by atoms with E-state index in [1.54, 1.807) is 0 Å². The Morgan fingerprint density at radius 2 is 2.12 bits per heavy atom. The predicted octanol–water partition coefficient (Wildman–Crippen LogP) is 1.84. The van der Waals surface area contributed by atoms with Gasteiger partial charge in [0.2, 0.25) is 0 Å². The largest absolute Gasteiger partial charge is 0.349 e. The molecule has 0 radical (unpaired) electrons. The first kappa shape index (κ1) is 11.3. The van der Waals surface area contributed by atoms with Crippen LogP contribution in [-0.2, 0) is 13.1 Å². The molecule has 17 heavy (non-hydrogen) atoms. The van der Waals surface area contributed by atoms with Gasteiger partial charge in [0.15, 0.2) is 0 Å². The number of nitrogens with zero attached hydrogens (tertiary/aromatic N) is 2. The van der Waals surface area contributed by atoms with E-state index in [0.29, 0.717) is 6.04 Å². The Morgan fingerprint density at radius 3 is 2.88 bits per heavy atom. The topological polar surface area (TPSA) is 20.2 Å². The minimum Gasteiger partial charge on any atom is -0.349 e. The summed E-state index contributed by atoms with van der Waals surface area (Å²) in [5.74, 6) is 0. The van der Waals surface area contributed by atoms with Gasteiger partial charge in [0.05, 0.1) is 0 Å². The lowest BCUT2D eigenvalue weighted by atomic mass is 10.2. The van der Waals surface area contributed by atoms with Crippen LogP contribution < -0.4 is 5.32 Å². The van der Waals surface area contributed by atoms with Crippen LogP contribution in [0.5, 0.6) is 0 Å². The van der Waals surface area contributed by atoms with Gasteiger partial charge in [0.25, 0.3) is 0 Å². The van der Waals surface area contributed by atoms with Crippen molar-refractivity contribution in [3.63, 3.8) is 0 Å². The standard InChI is InChI=1S/C14H23N3/c1-2-9-16(8-1)12-14-6-4-10-17(14)11-13-5-3-7-15-13/h4,6,10,13,15H,1-3,5,7-9,11-12H2/t13-/m0/s1. The number of hydrogen-bond acceptors (Lipinski definition) is 2. The summed E-state index contributed by atoms with van der Waals surface area (Å²) in [6.45, 7) is 6.06. The lowest BCUT2D eigenvalue weighted by Crippen LogP contribution is -2.28. The van der Waals surface area contributed by atoms with E-state index in [0.717, 1.165) is 13.1 Å². The summed E-state index contributed by atoms with van der Waals surface area (Å²) < 4.78 is 2.45. The predicted molar refractivity (Wildman–Crippen MR) is 70.0 cm³/mol. The summed E-state index contributed by atoms with van der Waals surface area (Å²) in [4.78, 5) is 2.58. The third kappa shape index (κ3) is 2.72. The van der Waals surface area contributed by atoms with E-state index >= 15 is 0 Å². The molecular formula is C14H23N3. The molecule has 2 aliphatic heterocycles. The number of rotatable bonds is 4. The first-order valence-corrected chi connectivity index (χ1v) is 7.01. The highest BCUT2D eigenvalue weighted by atomic mass is 15.2. The van der Waals surface area contributed by atoms with Gasteiger partial charge in [0.1, 0.15) is 0 Å². The minimum absolute atomic E-state index is 0.694. The summed E-state index contributed by atoms with van der Waals surface area (Å²) in [5.41, 5.74) is 1.49. The Morgan fingerprint density at radius 1 is 1.24 bits per heavy atom. The van der Waals surface area contributed by atoms with Gasteiger partial charge in [-0.1, -0.05) is 0 Å². The van der Waals surface area contributed by atoms with Crippen LogP contribution in [0, 0.1) is 0 Å². The van der Waals surface area contributed by atoms with Crippen LogP contribution in [0.3, 0.4) is 0 Å². The maximum Gasteiger partial charge on any atom is 0.0387 e. The molecule has 3 heterocycles. The Balaban J connectivity index is 1.61. The third-order valence-corrected chi connectivity index (χ3v) is 4.09. The Kier molecular flexibility index (Phi) is 3.48. The lowest BCUT2D eigenvalue weighted by Gasteiger charge is -2.19. The second-order valence-electron chi connectivity index (χ2n) is 5.43. The Labute approximate surface area is 104 Å². The van der Waals surface area contributed by atoms with Crippen molar-refractivity contribution in [3.05, 3.63) is 24.0 Å². The quantitative estimate of drug-likeness (QED) is 0.856. The molecule has 1 aromatic rings. The van der Waals surface area contributed by atoms with E-state index in [-0.39, 0.29) is 0 Å². The van der Waals surface area contributed by atoms with Crippen molar-refractivity contribution in [3.8, 4) is 0 Å². The van der Waals surface area contributed by atoms with Crippen molar-refractivity contribution in [2.45, 2.75) is 44.8 Å². The van der Waals surface area contributed by atoms with Gasteiger partial charge in [-0.2, -0.15) is 0 Å². The summed E-state index contributed by atoms with van der Waals surface area (Å²) in [5, 5.41) is 3.58. The number of likely N-dealkylation sites (tertiary alicyclic amines) is 1. The van der Waals surface area contributed by atoms with Crippen molar-refractivity contribution >= 4 is 0 Å². The zero-order valence-corrected chi connectivity index (χ0v) is 10.6. The molecular weight excluding hydrogens is 210 g/mol. The maximum atomic E-state index is 3.58. The van der Waals surface area contributed by atoms with Gasteiger partial charge >= 0.3 is 0 Å². The molecule has 1 atom stereocenters. The Bertz CT molecular complexity index is 314. The van der Waals surface area contributed by atoms with Crippen LogP contribution in [-0.4, -0.2) is 35.1 Å². The summed E-state index contributed by atoms with van der Waals surface area (Å²) >= 11 is 0. The van der Waals surface area contributed by atoms with Gasteiger partial charge < -0.3 is 9.88 Å². The molecule has 0 saturated carbocycles. The molecule has 3 nitrogen and oxygen atoms in total. The maximum absolute atomic E-state index is 3.58. The average Bonchev–Trinajstić information content (AvgIpc) is 3.04. The van der Waals surface area contributed by atoms with Crippen LogP contribution in [0.25, 0.3) is 0 Å². The summed E-state index contributed by atoms with van der Waals surface area (Å²) in [6, 6.07) is 5.17. The summed E-state index contributed by atoms with van der Waals surface area (Å²) in [6.07, 6.45) is 7.68. The Hall–Kier alpha value is -0.800. The van der Waals surface area contributed by atoms with E-state index in [1.807, 2.05) is 0 Å². The lowest BCUT2D eigenvalue weighted by molar-refractivity contribution is 0.318. The zero-order chi connectivity index (χ0) is 11.5. The number of hydrogen-bond donors (Lipinski definition) is 1. The number of aromatic nitrogens is 1. The van der Waals surface area contributed by atoms with Gasteiger partial charge in [-0.15, -0.1) is 0 Å². The molecule has 3 rings (SSSR count). The summed E-state index contributed by atoms with van der Waals surface area (Å²) in [7, 11) is 0. The van der Waals surface area contributed by atoms with Gasteiger partial charge in [-0.3, -0.25) is 4.90 Å². The van der Waals surface area contributed by atoms with Crippen LogP contribution in [0.1, 0.15) is 31.4 Å². The SMILES string of the molecule is c1cc(CN2CCCC2)n(C[C@@H]2CCCN2)c1. The van der Waals surface area contributed by atoms with Gasteiger partial charge in [-0.05, 0) is 57.5 Å². The second kappa shape index (κ2) is 5.23. The molecule has 94 valence electrons. The normalized spacial score (nSPS) is 25.8. The van der Waals surface area contributed by atoms with Gasteiger partial charge in [0, 0.05) is 31.0 Å². The highest BCUT2D eigenvalue weighted by Crippen LogP contribution is 2.15. The molecule has 0 unspecified atom stereocenters. The molecule has 0 aliphatic carbocycles. The van der Waals surface area contributed by atoms with Crippen LogP contribution >= 0.6 is 0 Å². The zero-order valence-electron chi connectivity index (χ0n) is 10.6. The van der Waals surface area contributed by atoms with Crippen LogP contribution in [0.2, 0.25) is 0 Å². The molecule has 0 bridgehead atoms. The molecule has 1 N–H and O–H groups in total. The number of nitrogens with one attached hydrogen (secondary N) is 1. The first-order valence-electron chi connectivity index (χ1n) is 7.01. The van der Waals surface area contributed by atoms with Crippen molar-refractivity contribution in [2.75, 3.05) is 19.6 Å². The molecule has 1 aromatic heterocycles. The van der Waals surface area contributed by atoms with Gasteiger partial charge in [-0.25, -0.2) is 0 Å². The molecule has 0 spiro atoms. The van der Waals surface area contributed by atoms with Crippen molar-refractivity contribution < 1.29 is 0 Å². The smallest absolute Gasteiger partial charge is 0.0387 e. The molecule has 0 amide bonds. The highest BCUT2D eigenvalue weighted by Gasteiger charge is 2.17. The molecule has 2 saturated heterocycles. The fourth-order valence-corrected chi connectivity index (χ4v) is 3.09. The third-order valence-electron chi connectivity index (χ3n) is 4.09. The van der Waals surface area contributed by atoms with E-state index < -0.39 is 0 Å². The van der Waals surface area contributed by atoms with E-state index in [4.69, 9.17) is 0 Å². The fourth-order valence-electron chi connectivity index (χ4n) is 3.09. The molecule has 3 heteroatoms. The van der Waals surface area contributed by atoms with Crippen LogP contribution in [0.15, 0.2) is 18.3 Å². The molecule has 2 aliphatic rings. The van der Waals surface area contributed by atoms with E-state index in [2.05, 4.69) is 33.1 Å². The fraction of sp³-hybridized carbons (Fsp3) is 0.714. The average molecular weight is 233 g/mol. The minimum atomic E-state index is 0.694. The van der Waals surface area contributed by atoms with Crippen molar-refractivity contribution in [1.29, 1.82) is 0 Å². The van der Waals surface area contributed by atoms with Crippen molar-refractivity contribution in [1.82, 2.24) is 14.8 Å². The molecule has 2 fully saturated rings. The second-order valence-corrected chi connectivity index (χ2v) is 5.43. The van der Waals surface area contributed by atoms with Crippen molar-refractivity contribution in [2.24, 2.45) is 0 Å². The van der Waals surface area contributed by atoms with E-state index in [1.165, 1.54) is 51.0 Å². The first-order chi connectivity index (χ1) is 8.42. The highest BCUT2D eigenvalue weighted by molar-refractivity contribution is 5.08. The monoisotopic (exact) mass is 233 g/mol. The molecule has 0 aromatic carbocycles. The van der Waals surface area contributed by atoms with E-state index in [9.17, 15) is 0 Å².